The highest BCUT2D eigenvalue weighted by atomic mass is 35.5. The Hall–Kier alpha value is -3.23. The van der Waals surface area contributed by atoms with Gasteiger partial charge in [0.2, 0.25) is 0 Å². The van der Waals surface area contributed by atoms with E-state index in [2.05, 4.69) is 10.1 Å². The van der Waals surface area contributed by atoms with Crippen LogP contribution >= 0.6 is 22.9 Å². The number of carbonyl (C=O) groups excluding carboxylic acids is 1. The molecule has 0 bridgehead atoms. The summed E-state index contributed by atoms with van der Waals surface area (Å²) in [5.41, 5.74) is 1.63. The summed E-state index contributed by atoms with van der Waals surface area (Å²) in [5.74, 6) is 0.656. The number of aromatic nitrogens is 3. The monoisotopic (exact) mass is 455 g/mol. The molecule has 31 heavy (non-hydrogen) atoms. The number of ether oxygens (including phenoxy) is 2. The summed E-state index contributed by atoms with van der Waals surface area (Å²) in [6, 6.07) is 12.0. The third-order valence-electron chi connectivity index (χ3n) is 4.72. The van der Waals surface area contributed by atoms with Gasteiger partial charge < -0.3 is 9.47 Å². The number of halogens is 1. The zero-order chi connectivity index (χ0) is 22.1. The normalized spacial score (nSPS) is 11.0. The van der Waals surface area contributed by atoms with Crippen LogP contribution < -0.4 is 15.0 Å². The molecule has 7 nitrogen and oxygen atoms in total. The molecule has 4 aromatic rings. The van der Waals surface area contributed by atoms with E-state index in [4.69, 9.17) is 21.1 Å². The Labute approximate surface area is 186 Å². The van der Waals surface area contributed by atoms with Gasteiger partial charge in [-0.15, -0.1) is 11.3 Å². The lowest BCUT2D eigenvalue weighted by atomic mass is 10.1. The van der Waals surface area contributed by atoms with Gasteiger partial charge in [-0.25, -0.2) is 9.67 Å². The predicted molar refractivity (Wildman–Crippen MR) is 121 cm³/mol. The van der Waals surface area contributed by atoms with Gasteiger partial charge in [-0.3, -0.25) is 9.59 Å². The summed E-state index contributed by atoms with van der Waals surface area (Å²) in [4.78, 5) is 30.3. The van der Waals surface area contributed by atoms with E-state index in [9.17, 15) is 9.59 Å². The largest absolute Gasteiger partial charge is 0.493 e. The number of benzene rings is 2. The topological polar surface area (TPSA) is 83.3 Å². The van der Waals surface area contributed by atoms with Crippen LogP contribution in [0.15, 0.2) is 47.3 Å². The number of rotatable bonds is 6. The summed E-state index contributed by atoms with van der Waals surface area (Å²) in [6.45, 7) is 1.59. The molecule has 0 radical (unpaired) electrons. The fraction of sp³-hybridized carbons (Fsp3) is 0.182. The molecule has 0 atom stereocenters. The molecule has 2 aromatic carbocycles. The van der Waals surface area contributed by atoms with Crippen molar-refractivity contribution >= 4 is 38.9 Å². The Morgan fingerprint density at radius 2 is 1.81 bits per heavy atom. The van der Waals surface area contributed by atoms with Crippen LogP contribution in [0, 0.1) is 6.92 Å². The van der Waals surface area contributed by atoms with Crippen LogP contribution in [0.1, 0.15) is 15.4 Å². The summed E-state index contributed by atoms with van der Waals surface area (Å²) in [7, 11) is 3.02. The SMILES string of the molecule is COc1ccc(C(=O)Cn2nc(-c3ccc(Cl)cc3)c3sc(C)nc3c2=O)cc1OC. The maximum absolute atomic E-state index is 13.0. The van der Waals surface area contributed by atoms with Crippen molar-refractivity contribution in [3.05, 3.63) is 68.4 Å². The highest BCUT2D eigenvalue weighted by molar-refractivity contribution is 7.19. The van der Waals surface area contributed by atoms with Crippen LogP contribution in [0.2, 0.25) is 5.02 Å². The number of methoxy groups -OCH3 is 2. The highest BCUT2D eigenvalue weighted by Gasteiger charge is 2.19. The van der Waals surface area contributed by atoms with Crippen molar-refractivity contribution in [3.8, 4) is 22.8 Å². The van der Waals surface area contributed by atoms with E-state index in [1.54, 1.807) is 30.3 Å². The first-order valence-corrected chi connectivity index (χ1v) is 10.5. The smallest absolute Gasteiger partial charge is 0.294 e. The van der Waals surface area contributed by atoms with Gasteiger partial charge in [0.1, 0.15) is 12.2 Å². The number of hydrogen-bond acceptors (Lipinski definition) is 7. The van der Waals surface area contributed by atoms with Crippen LogP contribution in [0.5, 0.6) is 11.5 Å². The maximum Gasteiger partial charge on any atom is 0.294 e. The van der Waals surface area contributed by atoms with E-state index >= 15 is 0 Å². The van der Waals surface area contributed by atoms with Crippen molar-refractivity contribution in [1.29, 1.82) is 0 Å². The van der Waals surface area contributed by atoms with Crippen LogP contribution in [-0.2, 0) is 6.54 Å². The minimum atomic E-state index is -0.411. The van der Waals surface area contributed by atoms with E-state index in [-0.39, 0.29) is 12.3 Å². The second kappa shape index (κ2) is 8.49. The predicted octanol–water partition coefficient (Wildman–Crippen LogP) is 4.38. The Kier molecular flexibility index (Phi) is 5.75. The third kappa shape index (κ3) is 4.04. The average molecular weight is 456 g/mol. The number of carbonyl (C=O) groups is 1. The van der Waals surface area contributed by atoms with E-state index in [1.165, 1.54) is 25.6 Å². The maximum atomic E-state index is 13.0. The molecule has 0 aliphatic carbocycles. The molecule has 2 aromatic heterocycles. The molecule has 0 amide bonds. The first-order valence-electron chi connectivity index (χ1n) is 9.30. The molecule has 0 fully saturated rings. The molecule has 0 unspecified atom stereocenters. The Morgan fingerprint density at radius 1 is 1.10 bits per heavy atom. The summed E-state index contributed by atoms with van der Waals surface area (Å²) in [5, 5.41) is 5.85. The second-order valence-corrected chi connectivity index (χ2v) is 8.36. The molecule has 0 saturated carbocycles. The minimum absolute atomic E-state index is 0.235. The molecule has 2 heterocycles. The number of aryl methyl sites for hydroxylation is 1. The summed E-state index contributed by atoms with van der Waals surface area (Å²) in [6.07, 6.45) is 0. The van der Waals surface area contributed by atoms with Crippen LogP contribution in [0.3, 0.4) is 0 Å². The molecule has 0 N–H and O–H groups in total. The van der Waals surface area contributed by atoms with E-state index in [0.29, 0.717) is 38.0 Å². The van der Waals surface area contributed by atoms with Gasteiger partial charge in [-0.05, 0) is 37.3 Å². The number of Topliss-reactive ketones (excluding diaryl/α,β-unsaturated/α-hetero) is 1. The number of ketones is 1. The van der Waals surface area contributed by atoms with E-state index in [0.717, 1.165) is 15.3 Å². The van der Waals surface area contributed by atoms with Crippen molar-refractivity contribution in [3.63, 3.8) is 0 Å². The lowest BCUT2D eigenvalue weighted by Crippen LogP contribution is -2.27. The van der Waals surface area contributed by atoms with Gasteiger partial charge in [0, 0.05) is 16.1 Å². The molecule has 4 rings (SSSR count). The summed E-state index contributed by atoms with van der Waals surface area (Å²) >= 11 is 7.40. The summed E-state index contributed by atoms with van der Waals surface area (Å²) < 4.78 is 12.3. The lowest BCUT2D eigenvalue weighted by molar-refractivity contribution is 0.0965. The average Bonchev–Trinajstić information content (AvgIpc) is 3.17. The molecule has 0 spiro atoms. The molecule has 0 aliphatic rings. The van der Waals surface area contributed by atoms with Crippen molar-refractivity contribution in [2.75, 3.05) is 14.2 Å². The second-order valence-electron chi connectivity index (χ2n) is 6.72. The van der Waals surface area contributed by atoms with E-state index < -0.39 is 5.56 Å². The molecular weight excluding hydrogens is 438 g/mol. The quantitative estimate of drug-likeness (QED) is 0.401. The van der Waals surface area contributed by atoms with Gasteiger partial charge in [-0.1, -0.05) is 23.7 Å². The van der Waals surface area contributed by atoms with E-state index in [1.807, 2.05) is 19.1 Å². The van der Waals surface area contributed by atoms with Gasteiger partial charge in [0.25, 0.3) is 5.56 Å². The first kappa shape index (κ1) is 21.0. The molecule has 158 valence electrons. The standard InChI is InChI=1S/C22H18ClN3O4S/c1-12-24-20-21(31-12)19(13-4-7-15(23)8-5-13)25-26(22(20)28)11-16(27)14-6-9-17(29-2)18(10-14)30-3/h4-10H,11H2,1-3H3. The van der Waals surface area contributed by atoms with Crippen molar-refractivity contribution in [1.82, 2.24) is 14.8 Å². The van der Waals surface area contributed by atoms with Gasteiger partial charge in [0.05, 0.1) is 23.9 Å². The third-order valence-corrected chi connectivity index (χ3v) is 5.95. The van der Waals surface area contributed by atoms with Gasteiger partial charge in [0.15, 0.2) is 22.8 Å². The Morgan fingerprint density at radius 3 is 2.48 bits per heavy atom. The fourth-order valence-electron chi connectivity index (χ4n) is 3.21. The Balaban J connectivity index is 1.79. The van der Waals surface area contributed by atoms with Crippen LogP contribution in [-0.4, -0.2) is 34.8 Å². The van der Waals surface area contributed by atoms with Crippen LogP contribution in [0.4, 0.5) is 0 Å². The molecule has 0 aliphatic heterocycles. The number of nitrogens with zero attached hydrogens (tertiary/aromatic N) is 3. The molecule has 9 heteroatoms. The lowest BCUT2D eigenvalue weighted by Gasteiger charge is -2.11. The fourth-order valence-corrected chi connectivity index (χ4v) is 4.25. The molecular formula is C22H18ClN3O4S. The molecule has 0 saturated heterocycles. The number of thiazole rings is 1. The van der Waals surface area contributed by atoms with Crippen molar-refractivity contribution < 1.29 is 14.3 Å². The zero-order valence-corrected chi connectivity index (χ0v) is 18.6. The number of hydrogen-bond donors (Lipinski definition) is 0. The van der Waals surface area contributed by atoms with Crippen molar-refractivity contribution in [2.45, 2.75) is 13.5 Å². The van der Waals surface area contributed by atoms with Crippen LogP contribution in [0.25, 0.3) is 21.5 Å². The van der Waals surface area contributed by atoms with Crippen molar-refractivity contribution in [2.24, 2.45) is 0 Å². The first-order chi connectivity index (χ1) is 14.9. The highest BCUT2D eigenvalue weighted by Crippen LogP contribution is 2.31. The minimum Gasteiger partial charge on any atom is -0.493 e. The number of fused-ring (bicyclic) bond motifs is 1. The zero-order valence-electron chi connectivity index (χ0n) is 17.0. The van der Waals surface area contributed by atoms with Gasteiger partial charge in [-0.2, -0.15) is 5.10 Å². The van der Waals surface area contributed by atoms with Gasteiger partial charge >= 0.3 is 0 Å². The Bertz CT molecular complexity index is 1350.